The molecular formula is C16H14BrN3O. The molecule has 0 spiro atoms. The number of pyridine rings is 1. The molecule has 3 rings (SSSR count). The van der Waals surface area contributed by atoms with E-state index in [2.05, 4.69) is 37.4 Å². The van der Waals surface area contributed by atoms with Crippen molar-refractivity contribution in [3.8, 4) is 0 Å². The molecule has 4 nitrogen and oxygen atoms in total. The summed E-state index contributed by atoms with van der Waals surface area (Å²) in [6.45, 7) is 2.84. The topological polar surface area (TPSA) is 47.8 Å². The van der Waals surface area contributed by atoms with E-state index >= 15 is 0 Å². The van der Waals surface area contributed by atoms with Crippen LogP contribution in [0.15, 0.2) is 47.1 Å². The third kappa shape index (κ3) is 2.61. The Hall–Kier alpha value is -2.01. The molecule has 3 aromatic rings. The minimum Gasteiger partial charge on any atom is -0.328 e. The van der Waals surface area contributed by atoms with Crippen molar-refractivity contribution in [2.45, 2.75) is 19.9 Å². The number of halogens is 1. The third-order valence-corrected chi connectivity index (χ3v) is 4.03. The molecule has 0 radical (unpaired) electrons. The van der Waals surface area contributed by atoms with Crippen LogP contribution in [-0.2, 0) is 13.0 Å². The first-order valence-corrected chi connectivity index (χ1v) is 7.58. The van der Waals surface area contributed by atoms with Crippen molar-refractivity contribution in [1.82, 2.24) is 14.5 Å². The Labute approximate surface area is 131 Å². The van der Waals surface area contributed by atoms with Crippen molar-refractivity contribution in [3.05, 3.63) is 58.6 Å². The van der Waals surface area contributed by atoms with Crippen molar-refractivity contribution in [3.63, 3.8) is 0 Å². The Morgan fingerprint density at radius 1 is 1.24 bits per heavy atom. The molecule has 0 bridgehead atoms. The van der Waals surface area contributed by atoms with Gasteiger partial charge >= 0.3 is 0 Å². The molecule has 2 aromatic heterocycles. The maximum Gasteiger partial charge on any atom is 0.189 e. The fourth-order valence-corrected chi connectivity index (χ4v) is 2.91. The highest BCUT2D eigenvalue weighted by atomic mass is 79.9. The predicted molar refractivity (Wildman–Crippen MR) is 85.4 cm³/mol. The summed E-state index contributed by atoms with van der Waals surface area (Å²) in [7, 11) is 0. The number of hydrogen-bond acceptors (Lipinski definition) is 3. The zero-order valence-electron chi connectivity index (χ0n) is 11.6. The van der Waals surface area contributed by atoms with Crippen LogP contribution in [0.25, 0.3) is 11.0 Å². The molecule has 0 unspecified atom stereocenters. The molecule has 1 aromatic carbocycles. The molecule has 0 atom stereocenters. The lowest BCUT2D eigenvalue weighted by molar-refractivity contribution is 0.0984. The number of fused-ring (bicyclic) bond motifs is 1. The van der Waals surface area contributed by atoms with Gasteiger partial charge < -0.3 is 4.57 Å². The molecule has 21 heavy (non-hydrogen) atoms. The van der Waals surface area contributed by atoms with Gasteiger partial charge in [0.05, 0.1) is 17.5 Å². The van der Waals surface area contributed by atoms with Crippen molar-refractivity contribution >= 4 is 32.7 Å². The van der Waals surface area contributed by atoms with Gasteiger partial charge in [0, 0.05) is 17.2 Å². The van der Waals surface area contributed by atoms with Gasteiger partial charge in [-0.25, -0.2) is 4.98 Å². The van der Waals surface area contributed by atoms with Gasteiger partial charge in [-0.1, -0.05) is 12.1 Å². The van der Waals surface area contributed by atoms with E-state index in [-0.39, 0.29) is 12.2 Å². The zero-order valence-corrected chi connectivity index (χ0v) is 13.2. The van der Waals surface area contributed by atoms with Crippen LogP contribution < -0.4 is 0 Å². The van der Waals surface area contributed by atoms with Crippen molar-refractivity contribution in [2.75, 3.05) is 0 Å². The molecule has 0 aliphatic heterocycles. The summed E-state index contributed by atoms with van der Waals surface area (Å²) < 4.78 is 2.79. The lowest BCUT2D eigenvalue weighted by atomic mass is 10.2. The minimum absolute atomic E-state index is 0.0347. The van der Waals surface area contributed by atoms with Gasteiger partial charge in [0.15, 0.2) is 5.78 Å². The normalized spacial score (nSPS) is 11.0. The fraction of sp³-hybridized carbons (Fsp3) is 0.188. The number of hydrogen-bond donors (Lipinski definition) is 0. The maximum atomic E-state index is 12.4. The first-order chi connectivity index (χ1) is 10.2. The summed E-state index contributed by atoms with van der Waals surface area (Å²) in [6, 6.07) is 11.5. The highest BCUT2D eigenvalue weighted by molar-refractivity contribution is 9.10. The Balaban J connectivity index is 1.98. The number of aromatic nitrogens is 3. The van der Waals surface area contributed by atoms with Gasteiger partial charge in [-0.15, -0.1) is 0 Å². The van der Waals surface area contributed by atoms with Crippen molar-refractivity contribution in [1.29, 1.82) is 0 Å². The number of carbonyl (C=O) groups excluding carboxylic acids is 1. The SMILES string of the molecule is CCn1c(CC(=O)c2ncccc2Br)nc2ccccc21. The van der Waals surface area contributed by atoms with Gasteiger partial charge in [-0.05, 0) is 47.1 Å². The zero-order chi connectivity index (χ0) is 14.8. The maximum absolute atomic E-state index is 12.4. The molecule has 2 heterocycles. The average Bonchev–Trinajstić information content (AvgIpc) is 2.84. The summed E-state index contributed by atoms with van der Waals surface area (Å²) in [5.74, 6) is 0.744. The standard InChI is InChI=1S/C16H14BrN3O/c1-2-20-13-8-4-3-7-12(13)19-15(20)10-14(21)16-11(17)6-5-9-18-16/h3-9H,2,10H2,1H3. The summed E-state index contributed by atoms with van der Waals surface area (Å²) in [5.41, 5.74) is 2.43. The number of nitrogens with zero attached hydrogens (tertiary/aromatic N) is 3. The van der Waals surface area contributed by atoms with Crippen LogP contribution in [-0.4, -0.2) is 20.3 Å². The first-order valence-electron chi connectivity index (χ1n) is 6.78. The van der Waals surface area contributed by atoms with Gasteiger partial charge in [-0.3, -0.25) is 9.78 Å². The van der Waals surface area contributed by atoms with Gasteiger partial charge in [0.2, 0.25) is 0 Å². The molecule has 0 aliphatic rings. The van der Waals surface area contributed by atoms with Gasteiger partial charge in [0.1, 0.15) is 11.5 Å². The van der Waals surface area contributed by atoms with E-state index < -0.39 is 0 Å². The van der Waals surface area contributed by atoms with E-state index in [0.29, 0.717) is 10.2 Å². The second-order valence-electron chi connectivity index (χ2n) is 4.69. The highest BCUT2D eigenvalue weighted by Crippen LogP contribution is 2.19. The van der Waals surface area contributed by atoms with E-state index in [0.717, 1.165) is 23.4 Å². The number of carbonyl (C=O) groups is 1. The van der Waals surface area contributed by atoms with Crippen molar-refractivity contribution in [2.24, 2.45) is 0 Å². The Bertz CT molecular complexity index is 810. The number of rotatable bonds is 4. The molecule has 0 fully saturated rings. The van der Waals surface area contributed by atoms with Crippen LogP contribution >= 0.6 is 15.9 Å². The Morgan fingerprint density at radius 2 is 2.05 bits per heavy atom. The average molecular weight is 344 g/mol. The smallest absolute Gasteiger partial charge is 0.189 e. The van der Waals surface area contributed by atoms with Crippen LogP contribution in [0, 0.1) is 0 Å². The number of benzene rings is 1. The minimum atomic E-state index is -0.0347. The number of imidazole rings is 1. The van der Waals surface area contributed by atoms with E-state index in [1.807, 2.05) is 30.3 Å². The summed E-state index contributed by atoms with van der Waals surface area (Å²) in [4.78, 5) is 21.2. The van der Waals surface area contributed by atoms with Crippen LogP contribution in [0.5, 0.6) is 0 Å². The number of aryl methyl sites for hydroxylation is 1. The number of ketones is 1. The van der Waals surface area contributed by atoms with Crippen molar-refractivity contribution < 1.29 is 4.79 Å². The van der Waals surface area contributed by atoms with Crippen LogP contribution in [0.2, 0.25) is 0 Å². The summed E-state index contributed by atoms with van der Waals surface area (Å²) in [6.07, 6.45) is 1.87. The lowest BCUT2D eigenvalue weighted by Gasteiger charge is -2.06. The quantitative estimate of drug-likeness (QED) is 0.679. The summed E-state index contributed by atoms with van der Waals surface area (Å²) >= 11 is 3.37. The molecule has 0 N–H and O–H groups in total. The van der Waals surface area contributed by atoms with E-state index in [1.165, 1.54) is 0 Å². The third-order valence-electron chi connectivity index (χ3n) is 3.39. The van der Waals surface area contributed by atoms with E-state index in [1.54, 1.807) is 12.3 Å². The number of Topliss-reactive ketones (excluding diaryl/α,β-unsaturated/α-hetero) is 1. The van der Waals surface area contributed by atoms with E-state index in [9.17, 15) is 4.79 Å². The monoisotopic (exact) mass is 343 g/mol. The predicted octanol–water partition coefficient (Wildman–Crippen LogP) is 3.64. The van der Waals surface area contributed by atoms with E-state index in [4.69, 9.17) is 0 Å². The second-order valence-corrected chi connectivity index (χ2v) is 5.55. The molecule has 5 heteroatoms. The van der Waals surface area contributed by atoms with Crippen LogP contribution in [0.1, 0.15) is 23.2 Å². The van der Waals surface area contributed by atoms with Gasteiger partial charge in [0.25, 0.3) is 0 Å². The molecule has 0 saturated heterocycles. The Morgan fingerprint density at radius 3 is 2.81 bits per heavy atom. The van der Waals surface area contributed by atoms with Gasteiger partial charge in [-0.2, -0.15) is 0 Å². The fourth-order valence-electron chi connectivity index (χ4n) is 2.43. The first kappa shape index (κ1) is 13.9. The second kappa shape index (κ2) is 5.77. The molecule has 0 saturated carbocycles. The highest BCUT2D eigenvalue weighted by Gasteiger charge is 2.17. The summed E-state index contributed by atoms with van der Waals surface area (Å²) in [5, 5.41) is 0. The van der Waals surface area contributed by atoms with Crippen LogP contribution in [0.3, 0.4) is 0 Å². The number of para-hydroxylation sites is 2. The molecular weight excluding hydrogens is 330 g/mol. The molecule has 106 valence electrons. The molecule has 0 aliphatic carbocycles. The van der Waals surface area contributed by atoms with Crippen LogP contribution in [0.4, 0.5) is 0 Å². The lowest BCUT2D eigenvalue weighted by Crippen LogP contribution is -2.11. The largest absolute Gasteiger partial charge is 0.328 e. The Kier molecular flexibility index (Phi) is 3.84. The molecule has 0 amide bonds.